The van der Waals surface area contributed by atoms with Crippen LogP contribution in [0.4, 0.5) is 0 Å². The van der Waals surface area contributed by atoms with Gasteiger partial charge in [0.05, 0.1) is 0 Å². The van der Waals surface area contributed by atoms with Crippen LogP contribution in [-0.4, -0.2) is 17.4 Å². The third kappa shape index (κ3) is 9.09. The Morgan fingerprint density at radius 1 is 1.25 bits per heavy atom. The van der Waals surface area contributed by atoms with Gasteiger partial charge in [0.2, 0.25) is 0 Å². The molecule has 0 aliphatic heterocycles. The molecule has 0 heterocycles. The van der Waals surface area contributed by atoms with Crippen molar-refractivity contribution in [3.8, 4) is 0 Å². The largest absolute Gasteiger partial charge is 0 e. The molecule has 4 heteroatoms. The van der Waals surface area contributed by atoms with Crippen molar-refractivity contribution in [1.29, 1.82) is 0 Å². The van der Waals surface area contributed by atoms with Crippen LogP contribution in [0.3, 0.4) is 0 Å². The van der Waals surface area contributed by atoms with Crippen molar-refractivity contribution >= 4 is 27.9 Å². The number of hydrogen-bond acceptors (Lipinski definition) is 1. The van der Waals surface area contributed by atoms with Crippen LogP contribution in [0.1, 0.15) is 0 Å². The minimum absolute atomic E-state index is 0. The maximum absolute atomic E-state index is 3.77. The maximum atomic E-state index is 3.77. The second-order valence-corrected chi connectivity index (χ2v) is 0. The van der Waals surface area contributed by atoms with Gasteiger partial charge in [0.1, 0.15) is 0 Å². The van der Waals surface area contributed by atoms with Crippen molar-refractivity contribution in [2.45, 2.75) is 0 Å². The van der Waals surface area contributed by atoms with E-state index >= 15 is 0 Å². The average Bonchev–Trinajstić information content (AvgIpc) is 1.00. The van der Waals surface area contributed by atoms with Gasteiger partial charge >= 0.3 is 24.9 Å². The van der Waals surface area contributed by atoms with E-state index in [0.29, 0.717) is 0 Å². The van der Waals surface area contributed by atoms with Gasteiger partial charge in [-0.1, -0.05) is 0 Å². The number of hydrogen-bond donors (Lipinski definition) is 0. The fraction of sp³-hybridized carbons (Fsp3) is 0. The standard InChI is InChI=1S/Al.Cu.S.Zn.3H. The van der Waals surface area contributed by atoms with Gasteiger partial charge in [-0.05, 0) is 0 Å². The van der Waals surface area contributed by atoms with Gasteiger partial charge in [-0.3, -0.25) is 0 Å². The Morgan fingerprint density at radius 3 is 1.25 bits per heavy atom. The topological polar surface area (TPSA) is 0 Å². The van der Waals surface area contributed by atoms with Gasteiger partial charge in [-0.25, -0.2) is 0 Å². The minimum Gasteiger partial charge on any atom is 0 e. The third-order valence-corrected chi connectivity index (χ3v) is 0. The molecule has 25 valence electrons. The molecule has 0 radical (unpaired) electrons. The summed E-state index contributed by atoms with van der Waals surface area (Å²) < 4.78 is 0. The van der Waals surface area contributed by atoms with E-state index in [4.69, 9.17) is 0 Å². The van der Waals surface area contributed by atoms with Crippen LogP contribution < -0.4 is 0 Å². The van der Waals surface area contributed by atoms with E-state index < -0.39 is 0 Å². The second kappa shape index (κ2) is 20.7. The molecule has 0 aliphatic carbocycles. The molecule has 0 bridgehead atoms. The summed E-state index contributed by atoms with van der Waals surface area (Å²) in [7, 11) is 3.65. The van der Waals surface area contributed by atoms with Crippen molar-refractivity contribution < 1.29 is 33.9 Å². The maximum Gasteiger partial charge on any atom is 0 e. The zero-order valence-electron chi connectivity index (χ0n) is 1.42. The molecule has 0 aromatic rings. The summed E-state index contributed by atoms with van der Waals surface area (Å²) in [5.74, 6) is 0. The van der Waals surface area contributed by atoms with Gasteiger partial charge in [0.15, 0.2) is 17.4 Å². The van der Waals surface area contributed by atoms with Crippen molar-refractivity contribution in [2.24, 2.45) is 0 Å². The smallest absolute Gasteiger partial charge is 0 e. The number of rotatable bonds is 0. The molecule has 0 spiro atoms. The van der Waals surface area contributed by atoms with Crippen LogP contribution in [0.5, 0.6) is 0 Å². The molecule has 0 N–H and O–H groups in total. The summed E-state index contributed by atoms with van der Waals surface area (Å²) >= 11 is 3.77. The fourth-order valence-corrected chi connectivity index (χ4v) is 0. The molecule has 0 saturated carbocycles. The Hall–Kier alpha value is 1.90. The van der Waals surface area contributed by atoms with Gasteiger partial charge in [0.25, 0.3) is 0 Å². The van der Waals surface area contributed by atoms with Crippen molar-refractivity contribution in [3.05, 3.63) is 0 Å². The van der Waals surface area contributed by atoms with Gasteiger partial charge < -0.3 is 0 Å². The van der Waals surface area contributed by atoms with Crippen molar-refractivity contribution in [2.75, 3.05) is 0 Å². The molecular formula is H3AlCuSZn. The molecule has 4 heavy (non-hydrogen) atoms. The third-order valence-electron chi connectivity index (χ3n) is 0. The summed E-state index contributed by atoms with van der Waals surface area (Å²) in [5.41, 5.74) is 0. The SMILES string of the molecule is [AlH3].[S]=[Cu].[Zn]. The van der Waals surface area contributed by atoms with Crippen LogP contribution in [0, 0.1) is 0 Å². The van der Waals surface area contributed by atoms with Gasteiger partial charge in [-0.2, -0.15) is 0 Å². The van der Waals surface area contributed by atoms with E-state index in [1.807, 2.05) is 0 Å². The first-order valence-corrected chi connectivity index (χ1v) is 1.52. The molecule has 0 aromatic carbocycles. The normalized spacial score (nSPS) is 1.50. The first kappa shape index (κ1) is 16.9. The monoisotopic (exact) mass is 189 g/mol. The summed E-state index contributed by atoms with van der Waals surface area (Å²) in [5, 5.41) is 0. The molecule has 0 aromatic heterocycles. The quantitative estimate of drug-likeness (QED) is 0.463. The summed E-state index contributed by atoms with van der Waals surface area (Å²) in [6, 6.07) is 0. The summed E-state index contributed by atoms with van der Waals surface area (Å²) in [6.45, 7) is 0. The molecule has 0 aliphatic rings. The first-order chi connectivity index (χ1) is 1.00. The molecule has 0 amide bonds. The zero-order valence-corrected chi connectivity index (χ0v) is 6.14. The molecule has 0 saturated heterocycles. The van der Waals surface area contributed by atoms with Crippen molar-refractivity contribution in [1.82, 2.24) is 0 Å². The average molecular weight is 191 g/mol. The second-order valence-electron chi connectivity index (χ2n) is 0. The predicted octanol–water partition coefficient (Wildman–Crippen LogP) is -0.541. The summed E-state index contributed by atoms with van der Waals surface area (Å²) in [6.07, 6.45) is 0. The van der Waals surface area contributed by atoms with Crippen molar-refractivity contribution in [3.63, 3.8) is 0 Å². The van der Waals surface area contributed by atoms with E-state index in [0.717, 1.165) is 0 Å². The Morgan fingerprint density at radius 2 is 1.25 bits per heavy atom. The van der Waals surface area contributed by atoms with E-state index in [9.17, 15) is 0 Å². The molecule has 0 nitrogen and oxygen atoms in total. The van der Waals surface area contributed by atoms with Crippen LogP contribution in [0.15, 0.2) is 0 Å². The van der Waals surface area contributed by atoms with Gasteiger partial charge in [0, 0.05) is 19.5 Å². The Bertz CT molecular complexity index is 8.00. The van der Waals surface area contributed by atoms with E-state index in [1.165, 1.54) is 0 Å². The zero-order chi connectivity index (χ0) is 2.00. The minimum atomic E-state index is 0. The van der Waals surface area contributed by atoms with E-state index in [1.54, 1.807) is 0 Å². The molecule has 0 rings (SSSR count). The predicted molar refractivity (Wildman–Crippen MR) is 17.5 cm³/mol. The van der Waals surface area contributed by atoms with Crippen LogP contribution in [0.25, 0.3) is 0 Å². The molecule has 0 fully saturated rings. The Kier molecular flexibility index (Phi) is 87.1. The van der Waals surface area contributed by atoms with E-state index in [-0.39, 0.29) is 36.8 Å². The van der Waals surface area contributed by atoms with Crippen LogP contribution in [-0.2, 0) is 33.9 Å². The van der Waals surface area contributed by atoms with E-state index in [2.05, 4.69) is 24.9 Å². The molecule has 0 unspecified atom stereocenters. The van der Waals surface area contributed by atoms with Crippen LogP contribution >= 0.6 is 10.6 Å². The first-order valence-electron chi connectivity index (χ1n) is 0.123. The fourth-order valence-electron chi connectivity index (χ4n) is 0. The Balaban J connectivity index is -0.00000000500. The molecular weight excluding hydrogens is 188 g/mol. The summed E-state index contributed by atoms with van der Waals surface area (Å²) in [4.78, 5) is 0. The molecule has 0 atom stereocenters. The van der Waals surface area contributed by atoms with Gasteiger partial charge in [-0.15, -0.1) is 0 Å². The van der Waals surface area contributed by atoms with Crippen LogP contribution in [0.2, 0.25) is 0 Å². The Labute approximate surface area is 61.3 Å².